The normalized spacial score (nSPS) is 29.1. The van der Waals surface area contributed by atoms with Crippen molar-refractivity contribution in [2.45, 2.75) is 51.4 Å². The number of nitrogens with zero attached hydrogens (tertiary/aromatic N) is 1. The van der Waals surface area contributed by atoms with E-state index in [1.807, 2.05) is 0 Å². The summed E-state index contributed by atoms with van der Waals surface area (Å²) in [6.45, 7) is 3.99. The Bertz CT molecular complexity index is 773. The van der Waals surface area contributed by atoms with E-state index in [9.17, 15) is 29.3 Å². The summed E-state index contributed by atoms with van der Waals surface area (Å²) in [5.41, 5.74) is -1.21. The molecule has 0 radical (unpaired) electrons. The second kappa shape index (κ2) is 7.50. The van der Waals surface area contributed by atoms with Crippen molar-refractivity contribution in [3.63, 3.8) is 0 Å². The third-order valence-corrected chi connectivity index (χ3v) is 4.67. The molecule has 0 aliphatic carbocycles. The third-order valence-electron chi connectivity index (χ3n) is 3.50. The number of aliphatic hydroxyl groups is 2. The van der Waals surface area contributed by atoms with Gasteiger partial charge in [-0.1, -0.05) is 0 Å². The van der Waals surface area contributed by atoms with Crippen molar-refractivity contribution in [1.82, 2.24) is 9.55 Å². The van der Waals surface area contributed by atoms with E-state index in [4.69, 9.17) is 13.8 Å². The number of hydrogen-bond donors (Lipinski definition) is 4. The molecule has 2 rings (SSSR count). The fourth-order valence-corrected chi connectivity index (χ4v) is 3.27. The van der Waals surface area contributed by atoms with Crippen molar-refractivity contribution in [3.8, 4) is 0 Å². The van der Waals surface area contributed by atoms with Gasteiger partial charge in [0.25, 0.3) is 5.56 Å². The second-order valence-electron chi connectivity index (χ2n) is 5.94. The number of aliphatic hydroxyl groups excluding tert-OH is 2. The quantitative estimate of drug-likeness (QED) is 0.454. The summed E-state index contributed by atoms with van der Waals surface area (Å²) in [6.07, 6.45) is -4.86. The molecule has 1 saturated heterocycles. The Kier molecular flexibility index (Phi) is 6.00. The maximum atomic E-state index is 11.9. The average molecular weight is 380 g/mol. The smallest absolute Gasteiger partial charge is 0.387 e. The molecule has 0 amide bonds. The van der Waals surface area contributed by atoms with E-state index in [0.29, 0.717) is 0 Å². The van der Waals surface area contributed by atoms with E-state index in [-0.39, 0.29) is 5.56 Å². The molecule has 1 aliphatic rings. The van der Waals surface area contributed by atoms with Gasteiger partial charge in [0, 0.05) is 11.8 Å². The van der Waals surface area contributed by atoms with E-state index in [0.717, 1.165) is 4.57 Å². The van der Waals surface area contributed by atoms with Crippen LogP contribution in [0.1, 0.15) is 25.6 Å². The van der Waals surface area contributed by atoms with Gasteiger partial charge in [-0.2, -0.15) is 0 Å². The maximum absolute atomic E-state index is 11.9. The lowest BCUT2D eigenvalue weighted by atomic mass is 10.1. The highest BCUT2D eigenvalue weighted by Crippen LogP contribution is 2.45. The number of aryl methyl sites for hydroxylation is 1. The van der Waals surface area contributed by atoms with Crippen LogP contribution >= 0.6 is 7.82 Å². The minimum absolute atomic E-state index is 0.204. The molecule has 5 atom stereocenters. The van der Waals surface area contributed by atoms with Gasteiger partial charge in [0.1, 0.15) is 18.3 Å². The summed E-state index contributed by atoms with van der Waals surface area (Å²) in [6, 6.07) is 0. The molecule has 12 heteroatoms. The molecule has 142 valence electrons. The molecule has 1 aromatic heterocycles. The van der Waals surface area contributed by atoms with Crippen LogP contribution in [-0.4, -0.2) is 55.7 Å². The molecule has 0 aromatic carbocycles. The average Bonchev–Trinajstić information content (AvgIpc) is 2.76. The molecule has 1 aromatic rings. The van der Waals surface area contributed by atoms with Crippen molar-refractivity contribution >= 4 is 7.82 Å². The van der Waals surface area contributed by atoms with E-state index >= 15 is 0 Å². The molecule has 2 heterocycles. The minimum atomic E-state index is -4.35. The van der Waals surface area contributed by atoms with Crippen LogP contribution in [0.5, 0.6) is 0 Å². The Labute approximate surface area is 142 Å². The summed E-state index contributed by atoms with van der Waals surface area (Å²) >= 11 is 0. The number of H-pyrrole nitrogens is 1. The molecule has 25 heavy (non-hydrogen) atoms. The van der Waals surface area contributed by atoms with Crippen LogP contribution in [0.15, 0.2) is 15.8 Å². The van der Waals surface area contributed by atoms with Gasteiger partial charge in [0.05, 0.1) is 12.7 Å². The molecule has 0 bridgehead atoms. The second-order valence-corrected chi connectivity index (χ2v) is 7.35. The van der Waals surface area contributed by atoms with Gasteiger partial charge in [0.2, 0.25) is 0 Å². The molecule has 0 spiro atoms. The summed E-state index contributed by atoms with van der Waals surface area (Å²) in [7, 11) is -4.35. The zero-order valence-corrected chi connectivity index (χ0v) is 14.8. The molecule has 1 aliphatic heterocycles. The Morgan fingerprint density at radius 1 is 1.36 bits per heavy atom. The first kappa shape index (κ1) is 20.0. The molecule has 4 N–H and O–H groups in total. The lowest BCUT2D eigenvalue weighted by Crippen LogP contribution is -2.38. The first-order chi connectivity index (χ1) is 11.5. The van der Waals surface area contributed by atoms with Gasteiger partial charge in [-0.3, -0.25) is 23.4 Å². The van der Waals surface area contributed by atoms with E-state index in [2.05, 4.69) is 4.98 Å². The Morgan fingerprint density at radius 3 is 2.60 bits per heavy atom. The standard InChI is InChI=1S/C13H21N2O9P/c1-6(2)24-25(20,21)22-5-8-9(16)10(17)12(23-8)15-4-7(3)11(18)14-13(15)19/h4,6,8-10,12,16-17H,5H2,1-3H3,(H,20,21)(H,14,18,19). The van der Waals surface area contributed by atoms with E-state index in [1.165, 1.54) is 27.0 Å². The molecular weight excluding hydrogens is 359 g/mol. The number of aromatic nitrogens is 2. The van der Waals surface area contributed by atoms with Gasteiger partial charge in [-0.05, 0) is 20.8 Å². The minimum Gasteiger partial charge on any atom is -0.387 e. The predicted molar refractivity (Wildman–Crippen MR) is 84.0 cm³/mol. The lowest BCUT2D eigenvalue weighted by molar-refractivity contribution is -0.0559. The number of aromatic amines is 1. The Balaban J connectivity index is 2.14. The number of ether oxygens (including phenoxy) is 1. The summed E-state index contributed by atoms with van der Waals surface area (Å²) in [5.74, 6) is 0. The van der Waals surface area contributed by atoms with Crippen LogP contribution in [-0.2, 0) is 18.3 Å². The van der Waals surface area contributed by atoms with Crippen molar-refractivity contribution in [2.75, 3.05) is 6.61 Å². The van der Waals surface area contributed by atoms with Gasteiger partial charge in [-0.25, -0.2) is 9.36 Å². The highest BCUT2D eigenvalue weighted by atomic mass is 31.2. The van der Waals surface area contributed by atoms with Crippen LogP contribution < -0.4 is 11.2 Å². The van der Waals surface area contributed by atoms with Crippen LogP contribution in [0.2, 0.25) is 0 Å². The van der Waals surface area contributed by atoms with Crippen LogP contribution in [0, 0.1) is 6.92 Å². The maximum Gasteiger partial charge on any atom is 0.472 e. The summed E-state index contributed by atoms with van der Waals surface area (Å²) in [5, 5.41) is 20.1. The zero-order valence-electron chi connectivity index (χ0n) is 13.9. The molecule has 5 unspecified atom stereocenters. The van der Waals surface area contributed by atoms with Crippen molar-refractivity contribution in [2.24, 2.45) is 0 Å². The first-order valence-electron chi connectivity index (χ1n) is 7.51. The van der Waals surface area contributed by atoms with Crippen molar-refractivity contribution in [1.29, 1.82) is 0 Å². The van der Waals surface area contributed by atoms with Crippen molar-refractivity contribution < 1.29 is 33.5 Å². The van der Waals surface area contributed by atoms with Crippen molar-refractivity contribution in [3.05, 3.63) is 32.6 Å². The number of rotatable bonds is 6. The van der Waals surface area contributed by atoms with Gasteiger partial charge < -0.3 is 19.8 Å². The van der Waals surface area contributed by atoms with E-state index in [1.54, 1.807) is 0 Å². The molecule has 11 nitrogen and oxygen atoms in total. The summed E-state index contributed by atoms with van der Waals surface area (Å²) in [4.78, 5) is 34.8. The predicted octanol–water partition coefficient (Wildman–Crippen LogP) is -0.994. The highest BCUT2D eigenvalue weighted by Gasteiger charge is 2.45. The number of phosphoric ester groups is 1. The van der Waals surface area contributed by atoms with Gasteiger partial charge in [-0.15, -0.1) is 0 Å². The SMILES string of the molecule is Cc1cn(C2OC(COP(=O)(O)OC(C)C)C(O)C2O)c(=O)[nH]c1=O. The van der Waals surface area contributed by atoms with Crippen LogP contribution in [0.3, 0.4) is 0 Å². The number of nitrogens with one attached hydrogen (secondary N) is 1. The number of hydrogen-bond acceptors (Lipinski definition) is 8. The van der Waals surface area contributed by atoms with Crippen LogP contribution in [0.4, 0.5) is 0 Å². The fraction of sp³-hybridized carbons (Fsp3) is 0.692. The van der Waals surface area contributed by atoms with Gasteiger partial charge in [0.15, 0.2) is 6.23 Å². The molecule has 0 saturated carbocycles. The Hall–Kier alpha value is -1.33. The largest absolute Gasteiger partial charge is 0.472 e. The highest BCUT2D eigenvalue weighted by molar-refractivity contribution is 7.47. The fourth-order valence-electron chi connectivity index (χ4n) is 2.34. The number of phosphoric acid groups is 1. The topological polar surface area (TPSA) is 160 Å². The third kappa shape index (κ3) is 4.64. The van der Waals surface area contributed by atoms with Gasteiger partial charge >= 0.3 is 13.5 Å². The zero-order chi connectivity index (χ0) is 18.9. The molecular formula is C13H21N2O9P. The van der Waals surface area contributed by atoms with E-state index < -0.39 is 56.3 Å². The molecule has 1 fully saturated rings. The monoisotopic (exact) mass is 380 g/mol. The Morgan fingerprint density at radius 2 is 2.00 bits per heavy atom. The lowest BCUT2D eigenvalue weighted by Gasteiger charge is -2.19. The van der Waals surface area contributed by atoms with Crippen LogP contribution in [0.25, 0.3) is 0 Å². The summed E-state index contributed by atoms with van der Waals surface area (Å²) < 4.78 is 27.4. The first-order valence-corrected chi connectivity index (χ1v) is 9.01.